The number of benzene rings is 3. The maximum atomic E-state index is 13.0. The summed E-state index contributed by atoms with van der Waals surface area (Å²) < 4.78 is 42.8. The molecule has 0 aliphatic heterocycles. The third-order valence-electron chi connectivity index (χ3n) is 5.27. The maximum Gasteiger partial charge on any atom is 0.240 e. The number of aliphatic hydroxyl groups excluding tert-OH is 2. The van der Waals surface area contributed by atoms with Crippen molar-refractivity contribution in [2.45, 2.75) is 24.0 Å². The Balaban J connectivity index is 1.58. The van der Waals surface area contributed by atoms with Crippen LogP contribution < -0.4 is 4.72 Å². The number of aliphatic hydroxyl groups is 2. The van der Waals surface area contributed by atoms with E-state index >= 15 is 0 Å². The van der Waals surface area contributed by atoms with E-state index in [1.165, 1.54) is 36.4 Å². The average Bonchev–Trinajstić information content (AvgIpc) is 3.17. The van der Waals surface area contributed by atoms with E-state index in [1.807, 2.05) is 35.0 Å². The number of halogens is 1. The summed E-state index contributed by atoms with van der Waals surface area (Å²) in [7, 11) is -3.74. The van der Waals surface area contributed by atoms with Gasteiger partial charge in [-0.05, 0) is 53.6 Å². The van der Waals surface area contributed by atoms with Crippen molar-refractivity contribution in [3.8, 4) is 5.69 Å². The molecule has 0 saturated carbocycles. The fraction of sp³-hybridized carbons (Fsp3) is 0.167. The van der Waals surface area contributed by atoms with E-state index in [0.29, 0.717) is 12.0 Å². The first-order chi connectivity index (χ1) is 15.4. The zero-order chi connectivity index (χ0) is 22.7. The summed E-state index contributed by atoms with van der Waals surface area (Å²) in [5, 5.41) is 20.0. The van der Waals surface area contributed by atoms with Crippen LogP contribution in [0.5, 0.6) is 0 Å². The molecule has 0 saturated heterocycles. The Morgan fingerprint density at radius 2 is 1.66 bits per heavy atom. The van der Waals surface area contributed by atoms with Gasteiger partial charge in [0.25, 0.3) is 0 Å². The molecule has 8 heteroatoms. The zero-order valence-electron chi connectivity index (χ0n) is 17.1. The normalized spacial score (nSPS) is 12.8. The van der Waals surface area contributed by atoms with Crippen molar-refractivity contribution < 1.29 is 23.0 Å². The van der Waals surface area contributed by atoms with Gasteiger partial charge in [0.1, 0.15) is 5.82 Å². The van der Waals surface area contributed by atoms with Crippen molar-refractivity contribution in [3.05, 3.63) is 95.9 Å². The highest BCUT2D eigenvalue weighted by Gasteiger charge is 2.16. The van der Waals surface area contributed by atoms with E-state index in [4.69, 9.17) is 0 Å². The standard InChI is InChI=1S/C24H23FN2O4S/c25-19-7-5-17(6-8-19)14-26-32(30,31)22-11-9-20(10-12-22)27-15-18(13-21(29)16-28)23-3-1-2-4-24(23)27/h1-12,15,21,26,28-29H,13-14,16H2. The number of hydrogen-bond donors (Lipinski definition) is 3. The van der Waals surface area contributed by atoms with Crippen LogP contribution in [0.1, 0.15) is 11.1 Å². The molecule has 4 aromatic rings. The molecular weight excluding hydrogens is 431 g/mol. The molecule has 1 unspecified atom stereocenters. The van der Waals surface area contributed by atoms with E-state index in [-0.39, 0.29) is 23.9 Å². The first kappa shape index (κ1) is 22.2. The van der Waals surface area contributed by atoms with Crippen molar-refractivity contribution in [1.82, 2.24) is 9.29 Å². The third kappa shape index (κ3) is 4.73. The molecule has 0 bridgehead atoms. The second kappa shape index (κ2) is 9.22. The summed E-state index contributed by atoms with van der Waals surface area (Å²) in [4.78, 5) is 0.121. The van der Waals surface area contributed by atoms with Crippen molar-refractivity contribution in [3.63, 3.8) is 0 Å². The molecule has 4 rings (SSSR count). The highest BCUT2D eigenvalue weighted by Crippen LogP contribution is 2.26. The van der Waals surface area contributed by atoms with Crippen LogP contribution in [0, 0.1) is 5.82 Å². The third-order valence-corrected chi connectivity index (χ3v) is 6.68. The van der Waals surface area contributed by atoms with Crippen LogP contribution in [-0.4, -0.2) is 35.9 Å². The minimum Gasteiger partial charge on any atom is -0.394 e. The van der Waals surface area contributed by atoms with Crippen molar-refractivity contribution in [1.29, 1.82) is 0 Å². The second-order valence-electron chi connectivity index (χ2n) is 7.53. The molecule has 3 aromatic carbocycles. The molecule has 0 radical (unpaired) electrons. The Hall–Kier alpha value is -3.04. The van der Waals surface area contributed by atoms with Crippen LogP contribution >= 0.6 is 0 Å². The van der Waals surface area contributed by atoms with Gasteiger partial charge in [-0.25, -0.2) is 17.5 Å². The molecule has 0 amide bonds. The summed E-state index contributed by atoms with van der Waals surface area (Å²) >= 11 is 0. The van der Waals surface area contributed by atoms with E-state index in [0.717, 1.165) is 22.2 Å². The first-order valence-corrected chi connectivity index (χ1v) is 11.6. The topological polar surface area (TPSA) is 91.6 Å². The molecule has 0 spiro atoms. The summed E-state index contributed by atoms with van der Waals surface area (Å²) in [5.74, 6) is -0.376. The van der Waals surface area contributed by atoms with Crippen LogP contribution in [0.3, 0.4) is 0 Å². The number of sulfonamides is 1. The Bertz CT molecular complexity index is 1320. The molecule has 3 N–H and O–H groups in total. The van der Waals surface area contributed by atoms with Crippen LogP contribution in [0.15, 0.2) is 83.9 Å². The van der Waals surface area contributed by atoms with Gasteiger partial charge in [0.15, 0.2) is 0 Å². The lowest BCUT2D eigenvalue weighted by molar-refractivity contribution is 0.0957. The number of rotatable bonds is 8. The molecule has 0 aliphatic rings. The van der Waals surface area contributed by atoms with Crippen molar-refractivity contribution in [2.24, 2.45) is 0 Å². The van der Waals surface area contributed by atoms with Gasteiger partial charge >= 0.3 is 0 Å². The predicted molar refractivity (Wildman–Crippen MR) is 120 cm³/mol. The Morgan fingerprint density at radius 1 is 0.969 bits per heavy atom. The fourth-order valence-electron chi connectivity index (χ4n) is 3.59. The second-order valence-corrected chi connectivity index (χ2v) is 9.29. The van der Waals surface area contributed by atoms with Gasteiger partial charge < -0.3 is 14.8 Å². The van der Waals surface area contributed by atoms with Crippen LogP contribution in [0.25, 0.3) is 16.6 Å². The van der Waals surface area contributed by atoms with E-state index < -0.39 is 16.1 Å². The van der Waals surface area contributed by atoms with Gasteiger partial charge in [-0.15, -0.1) is 0 Å². The highest BCUT2D eigenvalue weighted by atomic mass is 32.2. The fourth-order valence-corrected chi connectivity index (χ4v) is 4.61. The average molecular weight is 455 g/mol. The first-order valence-electron chi connectivity index (χ1n) is 10.1. The number of hydrogen-bond acceptors (Lipinski definition) is 4. The van der Waals surface area contributed by atoms with Crippen molar-refractivity contribution >= 4 is 20.9 Å². The molecule has 1 aromatic heterocycles. The molecule has 32 heavy (non-hydrogen) atoms. The number of nitrogens with one attached hydrogen (secondary N) is 1. The lowest BCUT2D eigenvalue weighted by Gasteiger charge is -2.09. The van der Waals surface area contributed by atoms with Gasteiger partial charge in [0, 0.05) is 30.2 Å². The quantitative estimate of drug-likeness (QED) is 0.382. The summed E-state index contributed by atoms with van der Waals surface area (Å²) in [6, 6.07) is 19.8. The molecule has 1 atom stereocenters. The van der Waals surface area contributed by atoms with Crippen LogP contribution in [-0.2, 0) is 23.0 Å². The summed E-state index contributed by atoms with van der Waals surface area (Å²) in [5.41, 5.74) is 3.23. The molecule has 0 fully saturated rings. The summed E-state index contributed by atoms with van der Waals surface area (Å²) in [6.07, 6.45) is 1.35. The highest BCUT2D eigenvalue weighted by molar-refractivity contribution is 7.89. The molecular formula is C24H23FN2O4S. The molecule has 0 aliphatic carbocycles. The lowest BCUT2D eigenvalue weighted by atomic mass is 10.1. The number of aromatic nitrogens is 1. The zero-order valence-corrected chi connectivity index (χ0v) is 18.0. The van der Waals surface area contributed by atoms with E-state index in [1.54, 1.807) is 12.1 Å². The Morgan fingerprint density at radius 3 is 2.34 bits per heavy atom. The van der Waals surface area contributed by atoms with Crippen LogP contribution in [0.4, 0.5) is 4.39 Å². The maximum absolute atomic E-state index is 13.0. The van der Waals surface area contributed by atoms with E-state index in [2.05, 4.69) is 4.72 Å². The van der Waals surface area contributed by atoms with Crippen LogP contribution in [0.2, 0.25) is 0 Å². The summed E-state index contributed by atoms with van der Waals surface area (Å²) in [6.45, 7) is -0.264. The number of nitrogens with zero attached hydrogens (tertiary/aromatic N) is 1. The minimum absolute atomic E-state index is 0.0587. The molecule has 1 heterocycles. The van der Waals surface area contributed by atoms with Gasteiger partial charge in [-0.3, -0.25) is 0 Å². The number of para-hydroxylation sites is 1. The Labute approximate surface area is 185 Å². The van der Waals surface area contributed by atoms with Gasteiger partial charge in [-0.2, -0.15) is 0 Å². The van der Waals surface area contributed by atoms with E-state index in [9.17, 15) is 23.0 Å². The Kier molecular flexibility index (Phi) is 6.38. The molecule has 6 nitrogen and oxygen atoms in total. The monoisotopic (exact) mass is 454 g/mol. The number of fused-ring (bicyclic) bond motifs is 1. The largest absolute Gasteiger partial charge is 0.394 e. The smallest absolute Gasteiger partial charge is 0.240 e. The van der Waals surface area contributed by atoms with Gasteiger partial charge in [0.2, 0.25) is 10.0 Å². The SMILES string of the molecule is O=S(=O)(NCc1ccc(F)cc1)c1ccc(-n2cc(CC(O)CO)c3ccccc32)cc1. The van der Waals surface area contributed by atoms with Crippen molar-refractivity contribution in [2.75, 3.05) is 6.61 Å². The molecule has 166 valence electrons. The van der Waals surface area contributed by atoms with Gasteiger partial charge in [0.05, 0.1) is 23.1 Å². The predicted octanol–water partition coefficient (Wildman–Crippen LogP) is 3.14. The minimum atomic E-state index is -3.74. The lowest BCUT2D eigenvalue weighted by Crippen LogP contribution is -2.23. The van der Waals surface area contributed by atoms with Gasteiger partial charge in [-0.1, -0.05) is 30.3 Å².